The molecule has 0 saturated heterocycles. The molecule has 1 unspecified atom stereocenters. The molecule has 0 bridgehead atoms. The first-order valence-electron chi connectivity index (χ1n) is 5.71. The Morgan fingerprint density at radius 1 is 1.17 bits per heavy atom. The fraction of sp³-hybridized carbons (Fsp3) is 0.0714. The summed E-state index contributed by atoms with van der Waals surface area (Å²) in [7, 11) is 4.69. The predicted octanol–water partition coefficient (Wildman–Crippen LogP) is 3.51. The molecule has 0 aliphatic rings. The highest BCUT2D eigenvalue weighted by molar-refractivity contribution is 7.28. The van der Waals surface area contributed by atoms with Crippen LogP contribution in [0.1, 0.15) is 0 Å². The van der Waals surface area contributed by atoms with Gasteiger partial charge in [0.1, 0.15) is 5.01 Å². The minimum absolute atomic E-state index is 1.07. The summed E-state index contributed by atoms with van der Waals surface area (Å²) in [6, 6.07) is 14.6. The Bertz CT molecular complexity index is 673. The van der Waals surface area contributed by atoms with E-state index in [0.29, 0.717) is 0 Å². The van der Waals surface area contributed by atoms with E-state index >= 15 is 0 Å². The van der Waals surface area contributed by atoms with Gasteiger partial charge in [0.25, 0.3) is 0 Å². The van der Waals surface area contributed by atoms with E-state index in [1.54, 1.807) is 11.3 Å². The van der Waals surface area contributed by atoms with Crippen LogP contribution in [0.3, 0.4) is 0 Å². The maximum absolute atomic E-state index is 4.67. The van der Waals surface area contributed by atoms with Crippen LogP contribution in [0.5, 0.6) is 0 Å². The summed E-state index contributed by atoms with van der Waals surface area (Å²) in [5, 5.41) is 5.40. The van der Waals surface area contributed by atoms with Gasteiger partial charge in [0, 0.05) is 18.3 Å². The van der Waals surface area contributed by atoms with Crippen LogP contribution in [0.15, 0.2) is 42.5 Å². The predicted molar refractivity (Wildman–Crippen MR) is 83.9 cm³/mol. The Morgan fingerprint density at radius 2 is 2.00 bits per heavy atom. The summed E-state index contributed by atoms with van der Waals surface area (Å²) < 4.78 is 1.23. The number of anilines is 1. The molecular weight excluding hydrogens is 259 g/mol. The van der Waals surface area contributed by atoms with E-state index in [1.807, 2.05) is 13.1 Å². The standard InChI is InChI=1S/C14H13N2PS/c1-15-10-7-6-9(8-12(10)17)14-16-11-4-2-3-5-13(11)18-14/h2-8,15H,17H2,1H3. The van der Waals surface area contributed by atoms with Gasteiger partial charge in [-0.15, -0.1) is 20.6 Å². The van der Waals surface area contributed by atoms with Gasteiger partial charge in [-0.1, -0.05) is 12.1 Å². The van der Waals surface area contributed by atoms with Crippen molar-refractivity contribution in [2.75, 3.05) is 12.4 Å². The summed E-state index contributed by atoms with van der Waals surface area (Å²) in [6.07, 6.45) is 0. The second-order valence-corrected chi connectivity index (χ2v) is 5.69. The molecule has 0 fully saturated rings. The summed E-state index contributed by atoms with van der Waals surface area (Å²) in [6.45, 7) is 0. The van der Waals surface area contributed by atoms with Crippen LogP contribution in [-0.2, 0) is 0 Å². The van der Waals surface area contributed by atoms with Gasteiger partial charge in [-0.25, -0.2) is 4.98 Å². The average Bonchev–Trinajstić information content (AvgIpc) is 2.82. The molecule has 0 aliphatic heterocycles. The Morgan fingerprint density at radius 3 is 2.72 bits per heavy atom. The Hall–Kier alpha value is -1.44. The van der Waals surface area contributed by atoms with Crippen molar-refractivity contribution in [1.82, 2.24) is 4.98 Å². The zero-order valence-corrected chi connectivity index (χ0v) is 11.9. The van der Waals surface area contributed by atoms with E-state index in [9.17, 15) is 0 Å². The maximum Gasteiger partial charge on any atom is 0.124 e. The van der Waals surface area contributed by atoms with Gasteiger partial charge in [0.2, 0.25) is 0 Å². The molecule has 4 heteroatoms. The normalized spacial score (nSPS) is 10.8. The van der Waals surface area contributed by atoms with E-state index in [1.165, 1.54) is 10.3 Å². The van der Waals surface area contributed by atoms with Crippen molar-refractivity contribution in [2.45, 2.75) is 0 Å². The van der Waals surface area contributed by atoms with Gasteiger partial charge in [-0.05, 0) is 35.6 Å². The van der Waals surface area contributed by atoms with E-state index in [2.05, 4.69) is 55.9 Å². The minimum Gasteiger partial charge on any atom is -0.388 e. The first-order valence-corrected chi connectivity index (χ1v) is 7.10. The Labute approximate surface area is 112 Å². The first-order chi connectivity index (χ1) is 8.78. The zero-order chi connectivity index (χ0) is 12.5. The van der Waals surface area contributed by atoms with Gasteiger partial charge in [0.15, 0.2) is 0 Å². The van der Waals surface area contributed by atoms with Crippen molar-refractivity contribution in [3.8, 4) is 10.6 Å². The third-order valence-electron chi connectivity index (χ3n) is 2.86. The summed E-state index contributed by atoms with van der Waals surface area (Å²) in [4.78, 5) is 4.67. The van der Waals surface area contributed by atoms with Crippen molar-refractivity contribution in [2.24, 2.45) is 0 Å². The lowest BCUT2D eigenvalue weighted by atomic mass is 10.2. The number of hydrogen-bond acceptors (Lipinski definition) is 3. The molecule has 18 heavy (non-hydrogen) atoms. The van der Waals surface area contributed by atoms with Crippen LogP contribution >= 0.6 is 20.6 Å². The highest BCUT2D eigenvalue weighted by Gasteiger charge is 2.07. The van der Waals surface area contributed by atoms with Gasteiger partial charge >= 0.3 is 0 Å². The molecule has 0 spiro atoms. The summed E-state index contributed by atoms with van der Waals surface area (Å²) in [5.41, 5.74) is 3.37. The van der Waals surface area contributed by atoms with E-state index in [4.69, 9.17) is 0 Å². The van der Waals surface area contributed by atoms with Gasteiger partial charge in [0.05, 0.1) is 10.2 Å². The molecular formula is C14H13N2PS. The number of aromatic nitrogens is 1. The fourth-order valence-electron chi connectivity index (χ4n) is 1.92. The molecule has 1 heterocycles. The second-order valence-electron chi connectivity index (χ2n) is 4.04. The van der Waals surface area contributed by atoms with E-state index < -0.39 is 0 Å². The van der Waals surface area contributed by atoms with Crippen LogP contribution in [0.25, 0.3) is 20.8 Å². The highest BCUT2D eigenvalue weighted by Crippen LogP contribution is 2.30. The minimum atomic E-state index is 1.07. The van der Waals surface area contributed by atoms with Crippen LogP contribution in [0, 0.1) is 0 Å². The Kier molecular flexibility index (Phi) is 3.02. The van der Waals surface area contributed by atoms with Crippen LogP contribution in [0.2, 0.25) is 0 Å². The monoisotopic (exact) mass is 272 g/mol. The maximum atomic E-state index is 4.67. The lowest BCUT2D eigenvalue weighted by Gasteiger charge is -2.05. The molecule has 1 N–H and O–H groups in total. The average molecular weight is 272 g/mol. The zero-order valence-electron chi connectivity index (χ0n) is 9.97. The van der Waals surface area contributed by atoms with Gasteiger partial charge in [-0.3, -0.25) is 0 Å². The Balaban J connectivity index is 2.11. The lowest BCUT2D eigenvalue weighted by Crippen LogP contribution is -2.01. The summed E-state index contributed by atoms with van der Waals surface area (Å²) >= 11 is 1.73. The molecule has 3 aromatic rings. The molecule has 0 saturated carbocycles. The molecule has 1 aromatic heterocycles. The number of hydrogen-bond donors (Lipinski definition) is 1. The lowest BCUT2D eigenvalue weighted by molar-refractivity contribution is 1.47. The van der Waals surface area contributed by atoms with Gasteiger partial charge in [-0.2, -0.15) is 0 Å². The number of para-hydroxylation sites is 1. The van der Waals surface area contributed by atoms with Crippen molar-refractivity contribution < 1.29 is 0 Å². The molecule has 0 amide bonds. The highest BCUT2D eigenvalue weighted by atomic mass is 32.1. The largest absolute Gasteiger partial charge is 0.388 e. The van der Waals surface area contributed by atoms with Crippen molar-refractivity contribution in [3.63, 3.8) is 0 Å². The number of fused-ring (bicyclic) bond motifs is 1. The number of rotatable bonds is 2. The second kappa shape index (κ2) is 4.68. The third-order valence-corrected chi connectivity index (χ3v) is 4.42. The van der Waals surface area contributed by atoms with E-state index in [-0.39, 0.29) is 0 Å². The summed E-state index contributed by atoms with van der Waals surface area (Å²) in [5.74, 6) is 0. The van der Waals surface area contributed by atoms with E-state index in [0.717, 1.165) is 21.5 Å². The molecule has 90 valence electrons. The van der Waals surface area contributed by atoms with Crippen molar-refractivity contribution >= 4 is 41.8 Å². The topological polar surface area (TPSA) is 24.9 Å². The van der Waals surface area contributed by atoms with Gasteiger partial charge < -0.3 is 5.32 Å². The van der Waals surface area contributed by atoms with Crippen LogP contribution < -0.4 is 10.6 Å². The molecule has 0 radical (unpaired) electrons. The molecule has 2 aromatic carbocycles. The SMILES string of the molecule is CNc1ccc(-c2nc3ccccc3s2)cc1P. The van der Waals surface area contributed by atoms with Crippen LogP contribution in [0.4, 0.5) is 5.69 Å². The number of nitrogens with one attached hydrogen (secondary N) is 1. The van der Waals surface area contributed by atoms with Crippen molar-refractivity contribution in [3.05, 3.63) is 42.5 Å². The quantitative estimate of drug-likeness (QED) is 0.722. The fourth-order valence-corrected chi connectivity index (χ4v) is 3.30. The molecule has 3 rings (SSSR count). The van der Waals surface area contributed by atoms with Crippen LogP contribution in [-0.4, -0.2) is 12.0 Å². The van der Waals surface area contributed by atoms with Crippen molar-refractivity contribution in [1.29, 1.82) is 0 Å². The number of thiazole rings is 1. The number of nitrogens with zero attached hydrogens (tertiary/aromatic N) is 1. The smallest absolute Gasteiger partial charge is 0.124 e. The molecule has 0 aliphatic carbocycles. The molecule has 2 nitrogen and oxygen atoms in total. The molecule has 1 atom stereocenters. The first kappa shape index (κ1) is 11.6. The number of benzene rings is 2. The third kappa shape index (κ3) is 2.00.